The lowest BCUT2D eigenvalue weighted by Crippen LogP contribution is -2.35. The van der Waals surface area contributed by atoms with E-state index >= 15 is 0 Å². The van der Waals surface area contributed by atoms with Crippen molar-refractivity contribution in [3.63, 3.8) is 0 Å². The van der Waals surface area contributed by atoms with Crippen LogP contribution in [0.15, 0.2) is 48.7 Å². The van der Waals surface area contributed by atoms with Crippen molar-refractivity contribution < 1.29 is 14.6 Å². The zero-order valence-electron chi connectivity index (χ0n) is 13.6. The van der Waals surface area contributed by atoms with Crippen LogP contribution in [0.3, 0.4) is 0 Å². The summed E-state index contributed by atoms with van der Waals surface area (Å²) in [5.74, 6) is -0.0123. The maximum atomic E-state index is 11.0. The Morgan fingerprint density at radius 3 is 2.54 bits per heavy atom. The number of hydrogen-bond acceptors (Lipinski definition) is 4. The minimum atomic E-state index is -0.663. The summed E-state index contributed by atoms with van der Waals surface area (Å²) in [5, 5.41) is 9.04. The van der Waals surface area contributed by atoms with E-state index in [-0.39, 0.29) is 5.92 Å². The molecular weight excluding hydrogens is 304 g/mol. The fourth-order valence-electron chi connectivity index (χ4n) is 2.93. The van der Waals surface area contributed by atoms with Crippen molar-refractivity contribution >= 4 is 5.97 Å². The molecule has 1 aromatic carbocycles. The molecule has 0 saturated carbocycles. The van der Waals surface area contributed by atoms with Crippen molar-refractivity contribution in [1.82, 2.24) is 9.88 Å². The molecule has 1 saturated heterocycles. The standard InChI is InChI=1S/C19H22N2O3/c22-19(23)16-8-11-21(12-9-16)13-15-4-6-18(7-5-15)24-14-17-3-1-2-10-20-17/h1-7,10,16H,8-9,11-14H2,(H,22,23). The quantitative estimate of drug-likeness (QED) is 0.884. The second kappa shape index (κ2) is 7.93. The third-order valence-electron chi connectivity index (χ3n) is 4.38. The summed E-state index contributed by atoms with van der Waals surface area (Å²) in [7, 11) is 0. The van der Waals surface area contributed by atoms with Crippen molar-refractivity contribution in [3.05, 3.63) is 59.9 Å². The fourth-order valence-corrected chi connectivity index (χ4v) is 2.93. The Bertz CT molecular complexity index is 650. The lowest BCUT2D eigenvalue weighted by Gasteiger charge is -2.30. The number of likely N-dealkylation sites (tertiary alicyclic amines) is 1. The van der Waals surface area contributed by atoms with Gasteiger partial charge in [0.1, 0.15) is 12.4 Å². The lowest BCUT2D eigenvalue weighted by molar-refractivity contribution is -0.143. The number of pyridine rings is 1. The monoisotopic (exact) mass is 326 g/mol. The molecule has 1 aliphatic rings. The molecule has 1 aromatic heterocycles. The third-order valence-corrected chi connectivity index (χ3v) is 4.38. The van der Waals surface area contributed by atoms with Crippen molar-refractivity contribution in [2.45, 2.75) is 26.0 Å². The van der Waals surface area contributed by atoms with E-state index in [1.165, 1.54) is 5.56 Å². The van der Waals surface area contributed by atoms with Gasteiger partial charge in [-0.15, -0.1) is 0 Å². The predicted molar refractivity (Wildman–Crippen MR) is 90.6 cm³/mol. The summed E-state index contributed by atoms with van der Waals surface area (Å²) < 4.78 is 5.74. The molecule has 0 radical (unpaired) electrons. The number of nitrogens with zero attached hydrogens (tertiary/aromatic N) is 2. The number of aromatic nitrogens is 1. The van der Waals surface area contributed by atoms with Gasteiger partial charge in [-0.1, -0.05) is 18.2 Å². The molecule has 2 aromatic rings. The normalized spacial score (nSPS) is 16.0. The highest BCUT2D eigenvalue weighted by Gasteiger charge is 2.24. The third kappa shape index (κ3) is 4.55. The summed E-state index contributed by atoms with van der Waals surface area (Å²) in [4.78, 5) is 17.5. The molecular formula is C19H22N2O3. The number of hydrogen-bond donors (Lipinski definition) is 1. The molecule has 1 fully saturated rings. The van der Waals surface area contributed by atoms with Gasteiger partial charge in [0.15, 0.2) is 0 Å². The Morgan fingerprint density at radius 2 is 1.92 bits per heavy atom. The molecule has 0 atom stereocenters. The summed E-state index contributed by atoms with van der Waals surface area (Å²) in [6.07, 6.45) is 3.23. The number of piperidine rings is 1. The summed E-state index contributed by atoms with van der Waals surface area (Å²) in [5.41, 5.74) is 2.12. The number of aliphatic carboxylic acids is 1. The van der Waals surface area contributed by atoms with Gasteiger partial charge in [0, 0.05) is 12.7 Å². The van der Waals surface area contributed by atoms with E-state index in [9.17, 15) is 4.79 Å². The van der Waals surface area contributed by atoms with Crippen LogP contribution >= 0.6 is 0 Å². The zero-order valence-corrected chi connectivity index (χ0v) is 13.6. The topological polar surface area (TPSA) is 62.7 Å². The smallest absolute Gasteiger partial charge is 0.306 e. The molecule has 5 heteroatoms. The Kier molecular flexibility index (Phi) is 5.43. The lowest BCUT2D eigenvalue weighted by atomic mass is 9.97. The van der Waals surface area contributed by atoms with E-state index in [1.807, 2.05) is 30.3 Å². The van der Waals surface area contributed by atoms with Gasteiger partial charge in [-0.2, -0.15) is 0 Å². The first-order chi connectivity index (χ1) is 11.7. The largest absolute Gasteiger partial charge is 0.487 e. The van der Waals surface area contributed by atoms with E-state index in [1.54, 1.807) is 6.20 Å². The molecule has 126 valence electrons. The van der Waals surface area contributed by atoms with Gasteiger partial charge >= 0.3 is 5.97 Å². The predicted octanol–water partition coefficient (Wildman–Crippen LogP) is 2.96. The fraction of sp³-hybridized carbons (Fsp3) is 0.368. The minimum Gasteiger partial charge on any atom is -0.487 e. The first-order valence-electron chi connectivity index (χ1n) is 8.27. The SMILES string of the molecule is O=C(O)C1CCN(Cc2ccc(OCc3ccccn3)cc2)CC1. The van der Waals surface area contributed by atoms with Gasteiger partial charge in [0.2, 0.25) is 0 Å². The molecule has 24 heavy (non-hydrogen) atoms. The number of carboxylic acids is 1. The number of carboxylic acid groups (broad SMARTS) is 1. The van der Waals surface area contributed by atoms with Crippen molar-refractivity contribution in [1.29, 1.82) is 0 Å². The minimum absolute atomic E-state index is 0.177. The van der Waals surface area contributed by atoms with Gasteiger partial charge in [-0.05, 0) is 55.8 Å². The molecule has 0 amide bonds. The van der Waals surface area contributed by atoms with Gasteiger partial charge in [-0.25, -0.2) is 0 Å². The molecule has 3 rings (SSSR count). The maximum absolute atomic E-state index is 11.0. The highest BCUT2D eigenvalue weighted by Crippen LogP contribution is 2.20. The second-order valence-corrected chi connectivity index (χ2v) is 6.14. The van der Waals surface area contributed by atoms with E-state index in [0.717, 1.165) is 43.9 Å². The van der Waals surface area contributed by atoms with Crippen LogP contribution in [-0.4, -0.2) is 34.0 Å². The van der Waals surface area contributed by atoms with Crippen LogP contribution < -0.4 is 4.74 Å². The van der Waals surface area contributed by atoms with E-state index in [2.05, 4.69) is 22.0 Å². The van der Waals surface area contributed by atoms with Crippen LogP contribution in [-0.2, 0) is 17.9 Å². The number of benzene rings is 1. The summed E-state index contributed by atoms with van der Waals surface area (Å²) in [6, 6.07) is 13.9. The molecule has 1 N–H and O–H groups in total. The molecule has 0 spiro atoms. The van der Waals surface area contributed by atoms with Crippen LogP contribution in [0, 0.1) is 5.92 Å². The molecule has 1 aliphatic heterocycles. The van der Waals surface area contributed by atoms with Gasteiger partial charge < -0.3 is 9.84 Å². The van der Waals surface area contributed by atoms with E-state index in [4.69, 9.17) is 9.84 Å². The van der Waals surface area contributed by atoms with Crippen LogP contribution in [0.25, 0.3) is 0 Å². The first-order valence-corrected chi connectivity index (χ1v) is 8.27. The number of carbonyl (C=O) groups is 1. The molecule has 5 nitrogen and oxygen atoms in total. The van der Waals surface area contributed by atoms with Crippen LogP contribution in [0.5, 0.6) is 5.75 Å². The van der Waals surface area contributed by atoms with Crippen molar-refractivity contribution in [2.75, 3.05) is 13.1 Å². The summed E-state index contributed by atoms with van der Waals surface area (Å²) in [6.45, 7) is 3.00. The highest BCUT2D eigenvalue weighted by atomic mass is 16.5. The van der Waals surface area contributed by atoms with Crippen molar-refractivity contribution in [3.8, 4) is 5.75 Å². The van der Waals surface area contributed by atoms with Gasteiger partial charge in [0.05, 0.1) is 11.6 Å². The summed E-state index contributed by atoms with van der Waals surface area (Å²) >= 11 is 0. The Morgan fingerprint density at radius 1 is 1.17 bits per heavy atom. The van der Waals surface area contributed by atoms with Crippen molar-refractivity contribution in [2.24, 2.45) is 5.92 Å². The molecule has 0 unspecified atom stereocenters. The van der Waals surface area contributed by atoms with Crippen LogP contribution in [0.2, 0.25) is 0 Å². The first kappa shape index (κ1) is 16.5. The van der Waals surface area contributed by atoms with E-state index in [0.29, 0.717) is 6.61 Å². The Balaban J connectivity index is 1.47. The van der Waals surface area contributed by atoms with Crippen LogP contribution in [0.1, 0.15) is 24.1 Å². The molecule has 2 heterocycles. The van der Waals surface area contributed by atoms with E-state index < -0.39 is 5.97 Å². The second-order valence-electron chi connectivity index (χ2n) is 6.14. The van der Waals surface area contributed by atoms with Crippen LogP contribution in [0.4, 0.5) is 0 Å². The van der Waals surface area contributed by atoms with Gasteiger partial charge in [-0.3, -0.25) is 14.7 Å². The highest BCUT2D eigenvalue weighted by molar-refractivity contribution is 5.70. The number of rotatable bonds is 6. The Hall–Kier alpha value is -2.40. The molecule has 0 bridgehead atoms. The zero-order chi connectivity index (χ0) is 16.8. The maximum Gasteiger partial charge on any atom is 0.306 e. The average Bonchev–Trinajstić information content (AvgIpc) is 2.62. The Labute approximate surface area is 141 Å². The molecule has 0 aliphatic carbocycles. The van der Waals surface area contributed by atoms with Gasteiger partial charge in [0.25, 0.3) is 0 Å². The average molecular weight is 326 g/mol. The number of ether oxygens (including phenoxy) is 1.